The number of carbonyl (C=O) groups excluding carboxylic acids is 2. The smallest absolute Gasteiger partial charge is 0.305 e. The Bertz CT molecular complexity index is 843. The summed E-state index contributed by atoms with van der Waals surface area (Å²) in [6.07, 6.45) is 49.9. The highest BCUT2D eigenvalue weighted by atomic mass is 16.5. The zero-order chi connectivity index (χ0) is 39.4. The molecule has 2 atom stereocenters. The van der Waals surface area contributed by atoms with Gasteiger partial charge in [0.05, 0.1) is 25.4 Å². The molecule has 6 heteroatoms. The van der Waals surface area contributed by atoms with Gasteiger partial charge in [-0.15, -0.1) is 0 Å². The van der Waals surface area contributed by atoms with Crippen LogP contribution in [-0.4, -0.2) is 47.4 Å². The normalized spacial score (nSPS) is 12.9. The van der Waals surface area contributed by atoms with Crippen molar-refractivity contribution in [3.63, 3.8) is 0 Å². The average Bonchev–Trinajstić information content (AvgIpc) is 3.17. The first-order chi connectivity index (χ1) is 26.5. The molecule has 0 fully saturated rings. The maximum Gasteiger partial charge on any atom is 0.305 e. The van der Waals surface area contributed by atoms with Crippen molar-refractivity contribution in [2.24, 2.45) is 0 Å². The molecule has 0 heterocycles. The molecule has 0 saturated carbocycles. The monoisotopic (exact) mass is 762 g/mol. The molecule has 318 valence electrons. The average molecular weight is 762 g/mol. The second kappa shape index (κ2) is 44.1. The highest BCUT2D eigenvalue weighted by Gasteiger charge is 2.20. The summed E-state index contributed by atoms with van der Waals surface area (Å²) in [6.45, 7) is 4.82. The second-order valence-electron chi connectivity index (χ2n) is 16.1. The van der Waals surface area contributed by atoms with Crippen LogP contribution in [0.1, 0.15) is 245 Å². The van der Waals surface area contributed by atoms with Crippen molar-refractivity contribution in [2.75, 3.05) is 13.2 Å². The van der Waals surface area contributed by atoms with E-state index < -0.39 is 12.1 Å². The van der Waals surface area contributed by atoms with Gasteiger partial charge in [-0.25, -0.2) is 0 Å². The number of ether oxygens (including phenoxy) is 1. The van der Waals surface area contributed by atoms with E-state index in [0.29, 0.717) is 25.9 Å². The van der Waals surface area contributed by atoms with Crippen molar-refractivity contribution in [3.8, 4) is 0 Å². The first-order valence-electron chi connectivity index (χ1n) is 23.6. The van der Waals surface area contributed by atoms with Gasteiger partial charge in [0, 0.05) is 12.8 Å². The van der Waals surface area contributed by atoms with Crippen LogP contribution in [-0.2, 0) is 14.3 Å². The Morgan fingerprint density at radius 2 is 0.889 bits per heavy atom. The third kappa shape index (κ3) is 40.0. The zero-order valence-electron chi connectivity index (χ0n) is 36.0. The number of hydrogen-bond donors (Lipinski definition) is 3. The van der Waals surface area contributed by atoms with Crippen molar-refractivity contribution in [2.45, 2.75) is 257 Å². The quantitative estimate of drug-likeness (QED) is 0.0327. The van der Waals surface area contributed by atoms with E-state index in [-0.39, 0.29) is 18.5 Å². The van der Waals surface area contributed by atoms with E-state index in [2.05, 4.69) is 43.5 Å². The maximum atomic E-state index is 12.4. The molecular formula is C48H91NO5. The van der Waals surface area contributed by atoms with Crippen LogP contribution in [0, 0.1) is 0 Å². The molecule has 0 aromatic carbocycles. The Morgan fingerprint density at radius 3 is 1.37 bits per heavy atom. The lowest BCUT2D eigenvalue weighted by Crippen LogP contribution is -2.45. The van der Waals surface area contributed by atoms with Crippen LogP contribution >= 0.6 is 0 Å². The van der Waals surface area contributed by atoms with Gasteiger partial charge in [0.1, 0.15) is 0 Å². The SMILES string of the molecule is CCCC/C=C\CCCCCCCC(=O)OCCCC/C=C\CCCCCCCC(=O)NC(CO)C(O)CCCCCCCCCCCCCCCCC. The van der Waals surface area contributed by atoms with Crippen molar-refractivity contribution >= 4 is 11.9 Å². The van der Waals surface area contributed by atoms with Crippen molar-refractivity contribution in [1.29, 1.82) is 0 Å². The van der Waals surface area contributed by atoms with Gasteiger partial charge in [-0.05, 0) is 70.6 Å². The minimum Gasteiger partial charge on any atom is -0.466 e. The lowest BCUT2D eigenvalue weighted by molar-refractivity contribution is -0.143. The zero-order valence-corrected chi connectivity index (χ0v) is 36.0. The summed E-state index contributed by atoms with van der Waals surface area (Å²) in [4.78, 5) is 24.4. The number of amides is 1. The number of aliphatic hydroxyl groups excluding tert-OH is 2. The molecule has 6 nitrogen and oxygen atoms in total. The fourth-order valence-corrected chi connectivity index (χ4v) is 7.02. The molecule has 0 aliphatic rings. The van der Waals surface area contributed by atoms with Crippen LogP contribution in [0.15, 0.2) is 24.3 Å². The van der Waals surface area contributed by atoms with Crippen LogP contribution < -0.4 is 5.32 Å². The fourth-order valence-electron chi connectivity index (χ4n) is 7.02. The summed E-state index contributed by atoms with van der Waals surface area (Å²) in [5.74, 6) is -0.108. The molecule has 1 amide bonds. The molecule has 0 aliphatic carbocycles. The van der Waals surface area contributed by atoms with Crippen molar-refractivity contribution < 1.29 is 24.5 Å². The second-order valence-corrected chi connectivity index (χ2v) is 16.1. The predicted octanol–water partition coefficient (Wildman–Crippen LogP) is 13.6. The summed E-state index contributed by atoms with van der Waals surface area (Å²) in [5, 5.41) is 23.2. The summed E-state index contributed by atoms with van der Waals surface area (Å²) < 4.78 is 5.40. The van der Waals surface area contributed by atoms with E-state index in [1.807, 2.05) is 0 Å². The minimum atomic E-state index is -0.681. The third-order valence-corrected chi connectivity index (χ3v) is 10.7. The molecule has 0 aromatic heterocycles. The molecule has 0 bridgehead atoms. The minimum absolute atomic E-state index is 0.0427. The Kier molecular flexibility index (Phi) is 42.7. The molecule has 54 heavy (non-hydrogen) atoms. The Labute approximate surface area is 335 Å². The standard InChI is InChI=1S/C48H91NO5/c1-3-5-7-9-11-13-15-16-17-18-21-24-28-32-36-40-46(51)45(44-50)49-47(52)41-37-33-29-25-22-19-23-27-31-35-39-43-54-48(53)42-38-34-30-26-20-14-12-10-8-6-4-2/h10,12,23,27,45-46,50-51H,3-9,11,13-22,24-26,28-44H2,1-2H3,(H,49,52)/b12-10-,27-23-. The molecule has 0 aliphatic heterocycles. The number of esters is 1. The molecule has 0 aromatic rings. The molecule has 0 rings (SSSR count). The maximum absolute atomic E-state index is 12.4. The summed E-state index contributed by atoms with van der Waals surface area (Å²) in [5.41, 5.74) is 0. The summed E-state index contributed by atoms with van der Waals surface area (Å²) in [7, 11) is 0. The van der Waals surface area contributed by atoms with Crippen LogP contribution in [0.25, 0.3) is 0 Å². The number of unbranched alkanes of at least 4 members (excludes halogenated alkanes) is 28. The molecule has 0 radical (unpaired) electrons. The van der Waals surface area contributed by atoms with E-state index in [1.165, 1.54) is 128 Å². The summed E-state index contributed by atoms with van der Waals surface area (Å²) >= 11 is 0. The number of aliphatic hydroxyl groups is 2. The Hall–Kier alpha value is -1.66. The van der Waals surface area contributed by atoms with E-state index in [4.69, 9.17) is 4.74 Å². The van der Waals surface area contributed by atoms with Gasteiger partial charge >= 0.3 is 5.97 Å². The highest BCUT2D eigenvalue weighted by Crippen LogP contribution is 2.15. The van der Waals surface area contributed by atoms with Gasteiger partial charge in [0.2, 0.25) is 5.91 Å². The van der Waals surface area contributed by atoms with Crippen LogP contribution in [0.2, 0.25) is 0 Å². The van der Waals surface area contributed by atoms with Crippen molar-refractivity contribution in [3.05, 3.63) is 24.3 Å². The van der Waals surface area contributed by atoms with E-state index in [0.717, 1.165) is 83.5 Å². The lowest BCUT2D eigenvalue weighted by atomic mass is 10.0. The van der Waals surface area contributed by atoms with E-state index in [1.54, 1.807) is 0 Å². The molecule has 0 saturated heterocycles. The third-order valence-electron chi connectivity index (χ3n) is 10.7. The lowest BCUT2D eigenvalue weighted by Gasteiger charge is -2.22. The number of carbonyl (C=O) groups is 2. The molecular weight excluding hydrogens is 671 g/mol. The van der Waals surface area contributed by atoms with Gasteiger partial charge in [0.25, 0.3) is 0 Å². The van der Waals surface area contributed by atoms with Gasteiger partial charge in [-0.2, -0.15) is 0 Å². The molecule has 0 spiro atoms. The first kappa shape index (κ1) is 52.3. The fraction of sp³-hybridized carbons (Fsp3) is 0.875. The molecule has 3 N–H and O–H groups in total. The van der Waals surface area contributed by atoms with Crippen molar-refractivity contribution in [1.82, 2.24) is 5.32 Å². The van der Waals surface area contributed by atoms with E-state index >= 15 is 0 Å². The van der Waals surface area contributed by atoms with Gasteiger partial charge < -0.3 is 20.3 Å². The van der Waals surface area contributed by atoms with Crippen LogP contribution in [0.4, 0.5) is 0 Å². The summed E-state index contributed by atoms with van der Waals surface area (Å²) in [6, 6.07) is -0.562. The highest BCUT2D eigenvalue weighted by molar-refractivity contribution is 5.76. The number of nitrogens with one attached hydrogen (secondary N) is 1. The first-order valence-corrected chi connectivity index (χ1v) is 23.6. The van der Waals surface area contributed by atoms with Crippen LogP contribution in [0.5, 0.6) is 0 Å². The van der Waals surface area contributed by atoms with Gasteiger partial charge in [0.15, 0.2) is 0 Å². The van der Waals surface area contributed by atoms with Gasteiger partial charge in [-0.3, -0.25) is 9.59 Å². The Balaban J connectivity index is 3.54. The largest absolute Gasteiger partial charge is 0.466 e. The number of rotatable bonds is 43. The number of allylic oxidation sites excluding steroid dienone is 4. The van der Waals surface area contributed by atoms with E-state index in [9.17, 15) is 19.8 Å². The Morgan fingerprint density at radius 1 is 0.500 bits per heavy atom. The van der Waals surface area contributed by atoms with Gasteiger partial charge in [-0.1, -0.05) is 186 Å². The number of hydrogen-bond acceptors (Lipinski definition) is 5. The predicted molar refractivity (Wildman–Crippen MR) is 232 cm³/mol. The topological polar surface area (TPSA) is 95.9 Å². The van der Waals surface area contributed by atoms with Crippen LogP contribution in [0.3, 0.4) is 0 Å². The molecule has 2 unspecified atom stereocenters.